The van der Waals surface area contributed by atoms with Crippen LogP contribution in [0, 0.1) is 0 Å². The minimum Gasteiger partial charge on any atom is -0.368 e. The molecule has 0 unspecified atom stereocenters. The SMILES string of the molecule is CC(C)(C)c1ccc(-c2nc3cccc(N4CCN(Cc5cnc6cccnc6n5)CC4)c3s2)cc1. The van der Waals surface area contributed by atoms with Crippen LogP contribution in [0.3, 0.4) is 0 Å². The second-order valence-corrected chi connectivity index (χ2v) is 11.4. The minimum atomic E-state index is 0.152. The van der Waals surface area contributed by atoms with E-state index in [1.807, 2.05) is 18.3 Å². The maximum Gasteiger partial charge on any atom is 0.178 e. The summed E-state index contributed by atoms with van der Waals surface area (Å²) >= 11 is 1.80. The highest BCUT2D eigenvalue weighted by Crippen LogP contribution is 2.37. The lowest BCUT2D eigenvalue weighted by molar-refractivity contribution is 0.247. The van der Waals surface area contributed by atoms with E-state index in [0.717, 1.165) is 54.5 Å². The molecule has 6 nitrogen and oxygen atoms in total. The molecule has 1 saturated heterocycles. The van der Waals surface area contributed by atoms with E-state index in [-0.39, 0.29) is 5.41 Å². The topological polar surface area (TPSA) is 58.0 Å². The average molecular weight is 495 g/mol. The molecule has 1 fully saturated rings. The molecule has 1 aliphatic heterocycles. The Morgan fingerprint density at radius 3 is 2.39 bits per heavy atom. The fourth-order valence-corrected chi connectivity index (χ4v) is 5.87. The van der Waals surface area contributed by atoms with Gasteiger partial charge in [-0.1, -0.05) is 51.1 Å². The van der Waals surface area contributed by atoms with Gasteiger partial charge < -0.3 is 4.90 Å². The van der Waals surface area contributed by atoms with Crippen molar-refractivity contribution in [2.24, 2.45) is 0 Å². The lowest BCUT2D eigenvalue weighted by Crippen LogP contribution is -2.46. The van der Waals surface area contributed by atoms with E-state index in [4.69, 9.17) is 9.97 Å². The maximum absolute atomic E-state index is 4.99. The third-order valence-electron chi connectivity index (χ3n) is 6.86. The van der Waals surface area contributed by atoms with E-state index in [1.54, 1.807) is 17.5 Å². The summed E-state index contributed by atoms with van der Waals surface area (Å²) in [6.07, 6.45) is 3.65. The number of fused-ring (bicyclic) bond motifs is 2. The Hall–Kier alpha value is -3.42. The number of piperazine rings is 1. The number of pyridine rings is 1. The van der Waals surface area contributed by atoms with Gasteiger partial charge in [0, 0.05) is 44.5 Å². The molecule has 1 aliphatic rings. The van der Waals surface area contributed by atoms with Crippen LogP contribution in [0.2, 0.25) is 0 Å². The monoisotopic (exact) mass is 494 g/mol. The number of rotatable bonds is 4. The largest absolute Gasteiger partial charge is 0.368 e. The van der Waals surface area contributed by atoms with E-state index >= 15 is 0 Å². The molecule has 7 heteroatoms. The molecule has 0 bridgehead atoms. The van der Waals surface area contributed by atoms with Crippen molar-refractivity contribution in [1.82, 2.24) is 24.8 Å². The quantitative estimate of drug-likeness (QED) is 0.309. The number of thiazole rings is 1. The van der Waals surface area contributed by atoms with E-state index < -0.39 is 0 Å². The lowest BCUT2D eigenvalue weighted by Gasteiger charge is -2.36. The second kappa shape index (κ2) is 9.22. The number of hydrogen-bond acceptors (Lipinski definition) is 7. The van der Waals surface area contributed by atoms with Crippen molar-refractivity contribution in [3.8, 4) is 10.6 Å². The van der Waals surface area contributed by atoms with Crippen molar-refractivity contribution >= 4 is 38.4 Å². The van der Waals surface area contributed by atoms with Gasteiger partial charge in [0.2, 0.25) is 0 Å². The molecule has 36 heavy (non-hydrogen) atoms. The summed E-state index contributed by atoms with van der Waals surface area (Å²) in [5.74, 6) is 0. The number of nitrogens with zero attached hydrogens (tertiary/aromatic N) is 6. The summed E-state index contributed by atoms with van der Waals surface area (Å²) in [6, 6.07) is 19.2. The van der Waals surface area contributed by atoms with Crippen LogP contribution in [-0.2, 0) is 12.0 Å². The van der Waals surface area contributed by atoms with E-state index in [9.17, 15) is 0 Å². The highest BCUT2D eigenvalue weighted by molar-refractivity contribution is 7.22. The fraction of sp³-hybridized carbons (Fsp3) is 0.310. The van der Waals surface area contributed by atoms with Gasteiger partial charge in [0.05, 0.1) is 27.8 Å². The number of hydrogen-bond donors (Lipinski definition) is 0. The zero-order valence-electron chi connectivity index (χ0n) is 21.0. The van der Waals surface area contributed by atoms with Crippen molar-refractivity contribution in [3.05, 3.63) is 78.2 Å². The molecule has 0 aliphatic carbocycles. The van der Waals surface area contributed by atoms with E-state index in [0.29, 0.717) is 5.65 Å². The Bertz CT molecular complexity index is 1510. The van der Waals surface area contributed by atoms with Crippen LogP contribution in [0.5, 0.6) is 0 Å². The summed E-state index contributed by atoms with van der Waals surface area (Å²) < 4.78 is 1.27. The zero-order valence-corrected chi connectivity index (χ0v) is 21.8. The molecule has 6 rings (SSSR count). The van der Waals surface area contributed by atoms with Crippen molar-refractivity contribution in [3.63, 3.8) is 0 Å². The Balaban J connectivity index is 1.17. The first-order valence-electron chi connectivity index (χ1n) is 12.5. The van der Waals surface area contributed by atoms with Crippen molar-refractivity contribution in [1.29, 1.82) is 0 Å². The molecule has 0 radical (unpaired) electrons. The van der Waals surface area contributed by atoms with E-state index in [2.05, 4.69) is 83.0 Å². The van der Waals surface area contributed by atoms with Crippen LogP contribution in [-0.4, -0.2) is 51.0 Å². The molecule has 0 atom stereocenters. The first-order valence-corrected chi connectivity index (χ1v) is 13.3. The Morgan fingerprint density at radius 2 is 1.61 bits per heavy atom. The minimum absolute atomic E-state index is 0.152. The predicted molar refractivity (Wildman–Crippen MR) is 149 cm³/mol. The number of aromatic nitrogens is 4. The van der Waals surface area contributed by atoms with Gasteiger partial charge >= 0.3 is 0 Å². The molecule has 0 saturated carbocycles. The van der Waals surface area contributed by atoms with Crippen LogP contribution in [0.25, 0.3) is 32.0 Å². The first kappa shape index (κ1) is 23.0. The maximum atomic E-state index is 4.99. The van der Waals surface area contributed by atoms with Crippen molar-refractivity contribution in [2.45, 2.75) is 32.7 Å². The summed E-state index contributed by atoms with van der Waals surface area (Å²) in [7, 11) is 0. The normalized spacial score (nSPS) is 15.1. The lowest BCUT2D eigenvalue weighted by atomic mass is 9.87. The first-order chi connectivity index (χ1) is 17.4. The van der Waals surface area contributed by atoms with Gasteiger partial charge in [-0.2, -0.15) is 0 Å². The number of benzene rings is 2. The molecule has 0 amide bonds. The van der Waals surface area contributed by atoms with Gasteiger partial charge in [-0.15, -0.1) is 11.3 Å². The standard InChI is InChI=1S/C29H30N6S/c1-29(2,3)21-11-9-20(10-12-21)28-33-23-6-4-8-25(26(23)36-28)35-16-14-34(15-17-35)19-22-18-31-24-7-5-13-30-27(24)32-22/h4-13,18H,14-17,19H2,1-3H3. The molecular formula is C29H30N6S. The van der Waals surface area contributed by atoms with Gasteiger partial charge in [-0.05, 0) is 35.2 Å². The summed E-state index contributed by atoms with van der Waals surface area (Å²) in [4.78, 5) is 23.5. The third kappa shape index (κ3) is 4.56. The van der Waals surface area contributed by atoms with Crippen LogP contribution in [0.4, 0.5) is 5.69 Å². The van der Waals surface area contributed by atoms with Crippen LogP contribution in [0.15, 0.2) is 67.0 Å². The van der Waals surface area contributed by atoms with E-state index in [1.165, 1.54) is 21.5 Å². The molecule has 2 aromatic carbocycles. The predicted octanol–water partition coefficient (Wildman–Crippen LogP) is 5.92. The smallest absolute Gasteiger partial charge is 0.178 e. The summed E-state index contributed by atoms with van der Waals surface area (Å²) in [5.41, 5.74) is 7.58. The molecule has 0 N–H and O–H groups in total. The van der Waals surface area contributed by atoms with Crippen molar-refractivity contribution in [2.75, 3.05) is 31.1 Å². The molecule has 3 aromatic heterocycles. The molecule has 5 aromatic rings. The van der Waals surface area contributed by atoms with Gasteiger partial charge in [0.1, 0.15) is 10.5 Å². The van der Waals surface area contributed by atoms with Crippen LogP contribution >= 0.6 is 11.3 Å². The summed E-state index contributed by atoms with van der Waals surface area (Å²) in [5, 5.41) is 1.08. The zero-order chi connectivity index (χ0) is 24.7. The van der Waals surface area contributed by atoms with Crippen molar-refractivity contribution < 1.29 is 0 Å². The Morgan fingerprint density at radius 1 is 0.833 bits per heavy atom. The van der Waals surface area contributed by atoms with Crippen LogP contribution < -0.4 is 4.90 Å². The molecule has 4 heterocycles. The Labute approximate surface area is 215 Å². The Kier molecular flexibility index (Phi) is 5.90. The average Bonchev–Trinajstić information content (AvgIpc) is 3.33. The van der Waals surface area contributed by atoms with Gasteiger partial charge in [0.25, 0.3) is 0 Å². The molecule has 0 spiro atoms. The molecule has 182 valence electrons. The molecular weight excluding hydrogens is 464 g/mol. The van der Waals surface area contributed by atoms with Crippen LogP contribution in [0.1, 0.15) is 32.0 Å². The second-order valence-electron chi connectivity index (χ2n) is 10.4. The summed E-state index contributed by atoms with van der Waals surface area (Å²) in [6.45, 7) is 11.5. The van der Waals surface area contributed by atoms with Gasteiger partial charge in [-0.25, -0.2) is 15.0 Å². The number of anilines is 1. The fourth-order valence-electron chi connectivity index (χ4n) is 4.76. The van der Waals surface area contributed by atoms with Gasteiger partial charge in [-0.3, -0.25) is 9.88 Å². The highest BCUT2D eigenvalue weighted by atomic mass is 32.1. The van der Waals surface area contributed by atoms with Gasteiger partial charge in [0.15, 0.2) is 5.65 Å². The third-order valence-corrected chi connectivity index (χ3v) is 8.00. The highest BCUT2D eigenvalue weighted by Gasteiger charge is 2.21.